The summed E-state index contributed by atoms with van der Waals surface area (Å²) in [5.74, 6) is -1.01. The summed E-state index contributed by atoms with van der Waals surface area (Å²) in [5, 5.41) is 8.92. The number of rotatable bonds is 2. The Morgan fingerprint density at radius 2 is 2.07 bits per heavy atom. The molecular formula is C10H8BrF2NO. The minimum absolute atomic E-state index is 0.0583. The molecule has 1 aromatic carbocycles. The van der Waals surface area contributed by atoms with Crippen LogP contribution in [0.2, 0.25) is 0 Å². The third kappa shape index (κ3) is 1.77. The van der Waals surface area contributed by atoms with Crippen LogP contribution in [-0.2, 0) is 6.42 Å². The number of hydrogen-bond acceptors (Lipinski definition) is 1. The number of aliphatic hydroxyl groups is 1. The van der Waals surface area contributed by atoms with Crippen LogP contribution in [-0.4, -0.2) is 16.7 Å². The normalized spacial score (nSPS) is 11.2. The number of H-pyrrole nitrogens is 1. The maximum absolute atomic E-state index is 13.5. The van der Waals surface area contributed by atoms with Gasteiger partial charge in [0, 0.05) is 24.1 Å². The molecule has 5 heteroatoms. The highest BCUT2D eigenvalue weighted by Gasteiger charge is 2.13. The van der Waals surface area contributed by atoms with Gasteiger partial charge in [-0.3, -0.25) is 0 Å². The number of nitrogens with one attached hydrogen (secondary N) is 1. The molecule has 0 fully saturated rings. The largest absolute Gasteiger partial charge is 0.396 e. The highest BCUT2D eigenvalue weighted by atomic mass is 79.9. The number of aliphatic hydroxyl groups excluding tert-OH is 1. The summed E-state index contributed by atoms with van der Waals surface area (Å²) in [7, 11) is 0. The number of hydrogen-bond donors (Lipinski definition) is 2. The van der Waals surface area contributed by atoms with Gasteiger partial charge in [-0.1, -0.05) is 0 Å². The predicted octanol–water partition coefficient (Wildman–Crippen LogP) is 2.74. The minimum atomic E-state index is -0.512. The van der Waals surface area contributed by atoms with Crippen molar-refractivity contribution >= 4 is 26.8 Å². The molecule has 2 nitrogen and oxygen atoms in total. The van der Waals surface area contributed by atoms with Crippen LogP contribution in [0.5, 0.6) is 0 Å². The lowest BCUT2D eigenvalue weighted by Crippen LogP contribution is -1.89. The first-order chi connectivity index (χ1) is 7.13. The summed E-state index contributed by atoms with van der Waals surface area (Å²) in [6, 6.07) is 2.59. The van der Waals surface area contributed by atoms with Crippen molar-refractivity contribution in [2.24, 2.45) is 0 Å². The Hall–Kier alpha value is -0.940. The number of fused-ring (bicyclic) bond motifs is 1. The Bertz CT molecular complexity index is 510. The molecule has 80 valence electrons. The van der Waals surface area contributed by atoms with Crippen molar-refractivity contribution in [3.8, 4) is 0 Å². The van der Waals surface area contributed by atoms with Crippen LogP contribution in [0.1, 0.15) is 5.69 Å². The molecule has 0 spiro atoms. The van der Waals surface area contributed by atoms with Crippen molar-refractivity contribution in [2.45, 2.75) is 6.42 Å². The number of aromatic nitrogens is 1. The van der Waals surface area contributed by atoms with E-state index in [1.54, 1.807) is 0 Å². The zero-order chi connectivity index (χ0) is 11.0. The molecule has 0 radical (unpaired) electrons. The molecule has 0 saturated heterocycles. The van der Waals surface area contributed by atoms with Crippen molar-refractivity contribution in [3.05, 3.63) is 33.9 Å². The summed E-state index contributed by atoms with van der Waals surface area (Å²) in [5.41, 5.74) is 0.752. The quantitative estimate of drug-likeness (QED) is 0.813. The van der Waals surface area contributed by atoms with Gasteiger partial charge in [-0.15, -0.1) is 0 Å². The molecule has 0 unspecified atom stereocenters. The number of halogens is 3. The monoisotopic (exact) mass is 275 g/mol. The van der Waals surface area contributed by atoms with E-state index in [4.69, 9.17) is 5.11 Å². The predicted molar refractivity (Wildman–Crippen MR) is 56.7 cm³/mol. The summed E-state index contributed by atoms with van der Waals surface area (Å²) >= 11 is 2.94. The van der Waals surface area contributed by atoms with Gasteiger partial charge in [0.05, 0.1) is 9.99 Å². The first-order valence-electron chi connectivity index (χ1n) is 4.39. The Balaban J connectivity index is 2.68. The molecule has 0 saturated carbocycles. The van der Waals surface area contributed by atoms with E-state index in [2.05, 4.69) is 20.9 Å². The van der Waals surface area contributed by atoms with Crippen LogP contribution in [0, 0.1) is 11.6 Å². The topological polar surface area (TPSA) is 36.0 Å². The van der Waals surface area contributed by atoms with Crippen molar-refractivity contribution in [3.63, 3.8) is 0 Å². The van der Waals surface area contributed by atoms with Gasteiger partial charge in [-0.25, -0.2) is 8.78 Å². The molecule has 0 amide bonds. The lowest BCUT2D eigenvalue weighted by Gasteiger charge is -1.97. The second kappa shape index (κ2) is 3.90. The fourth-order valence-corrected chi connectivity index (χ4v) is 1.92. The zero-order valence-electron chi connectivity index (χ0n) is 7.65. The standard InChI is InChI=1S/C10H8BrF2NO/c11-7-4-8(12)10-6(9(7)13)3-5(14-10)1-2-15/h3-4,14-15H,1-2H2. The van der Waals surface area contributed by atoms with Gasteiger partial charge in [0.15, 0.2) is 0 Å². The first-order valence-corrected chi connectivity index (χ1v) is 5.18. The van der Waals surface area contributed by atoms with E-state index in [9.17, 15) is 8.78 Å². The van der Waals surface area contributed by atoms with Crippen LogP contribution in [0.4, 0.5) is 8.78 Å². The molecule has 0 bridgehead atoms. The number of benzene rings is 1. The molecule has 1 heterocycles. The molecule has 2 N–H and O–H groups in total. The first kappa shape index (κ1) is 10.6. The van der Waals surface area contributed by atoms with Crippen molar-refractivity contribution in [1.82, 2.24) is 4.98 Å². The molecule has 1 aromatic heterocycles. The second-order valence-electron chi connectivity index (χ2n) is 3.21. The summed E-state index contributed by atoms with van der Waals surface area (Å²) in [4.78, 5) is 2.74. The fourth-order valence-electron chi connectivity index (χ4n) is 1.50. The Kier molecular flexibility index (Phi) is 2.75. The van der Waals surface area contributed by atoms with Gasteiger partial charge in [-0.05, 0) is 28.1 Å². The molecule has 15 heavy (non-hydrogen) atoms. The summed E-state index contributed by atoms with van der Waals surface area (Å²) in [6.45, 7) is -0.0583. The van der Waals surface area contributed by atoms with Crippen molar-refractivity contribution in [1.29, 1.82) is 0 Å². The van der Waals surface area contributed by atoms with E-state index in [0.29, 0.717) is 12.1 Å². The van der Waals surface area contributed by atoms with E-state index < -0.39 is 11.6 Å². The molecule has 0 aliphatic heterocycles. The van der Waals surface area contributed by atoms with E-state index in [0.717, 1.165) is 6.07 Å². The highest BCUT2D eigenvalue weighted by Crippen LogP contribution is 2.28. The Labute approximate surface area is 93.0 Å². The van der Waals surface area contributed by atoms with Gasteiger partial charge < -0.3 is 10.1 Å². The maximum atomic E-state index is 13.5. The van der Waals surface area contributed by atoms with Gasteiger partial charge in [0.1, 0.15) is 11.6 Å². The van der Waals surface area contributed by atoms with E-state index >= 15 is 0 Å². The van der Waals surface area contributed by atoms with Gasteiger partial charge in [0.2, 0.25) is 0 Å². The van der Waals surface area contributed by atoms with Crippen molar-refractivity contribution < 1.29 is 13.9 Å². The van der Waals surface area contributed by atoms with Crippen LogP contribution in [0.3, 0.4) is 0 Å². The molecule has 0 aliphatic rings. The average molecular weight is 276 g/mol. The molecule has 0 aliphatic carbocycles. The fraction of sp³-hybridized carbons (Fsp3) is 0.200. The third-order valence-corrected chi connectivity index (χ3v) is 2.77. The Morgan fingerprint density at radius 1 is 1.33 bits per heavy atom. The SMILES string of the molecule is OCCc1cc2c(F)c(Br)cc(F)c2[nH]1. The molecular weight excluding hydrogens is 268 g/mol. The van der Waals surface area contributed by atoms with Crippen LogP contribution < -0.4 is 0 Å². The summed E-state index contributed by atoms with van der Waals surface area (Å²) in [6.07, 6.45) is 0.352. The van der Waals surface area contributed by atoms with Gasteiger partial charge in [-0.2, -0.15) is 0 Å². The van der Waals surface area contributed by atoms with E-state index in [1.165, 1.54) is 6.07 Å². The molecule has 2 rings (SSSR count). The maximum Gasteiger partial charge on any atom is 0.148 e. The lowest BCUT2D eigenvalue weighted by molar-refractivity contribution is 0.298. The van der Waals surface area contributed by atoms with Crippen LogP contribution >= 0.6 is 15.9 Å². The lowest BCUT2D eigenvalue weighted by atomic mass is 10.2. The second-order valence-corrected chi connectivity index (χ2v) is 4.07. The van der Waals surface area contributed by atoms with Gasteiger partial charge in [0.25, 0.3) is 0 Å². The van der Waals surface area contributed by atoms with Crippen LogP contribution in [0.25, 0.3) is 10.9 Å². The smallest absolute Gasteiger partial charge is 0.148 e. The zero-order valence-corrected chi connectivity index (χ0v) is 9.24. The molecule has 2 aromatic rings. The van der Waals surface area contributed by atoms with Gasteiger partial charge >= 0.3 is 0 Å². The summed E-state index contributed by atoms with van der Waals surface area (Å²) < 4.78 is 27.0. The third-order valence-electron chi connectivity index (χ3n) is 2.19. The highest BCUT2D eigenvalue weighted by molar-refractivity contribution is 9.10. The van der Waals surface area contributed by atoms with Crippen molar-refractivity contribution in [2.75, 3.05) is 6.61 Å². The molecule has 0 atom stereocenters. The Morgan fingerprint density at radius 3 is 2.73 bits per heavy atom. The van der Waals surface area contributed by atoms with E-state index in [1.807, 2.05) is 0 Å². The average Bonchev–Trinajstić information content (AvgIpc) is 2.60. The van der Waals surface area contributed by atoms with E-state index in [-0.39, 0.29) is 22.0 Å². The van der Waals surface area contributed by atoms with Crippen LogP contribution in [0.15, 0.2) is 16.6 Å². The minimum Gasteiger partial charge on any atom is -0.396 e. The number of aromatic amines is 1.